The lowest BCUT2D eigenvalue weighted by atomic mass is 10.2. The number of aliphatic hydroxyl groups excluding tert-OH is 2. The first-order valence-electron chi connectivity index (χ1n) is 5.97. The fourth-order valence-corrected chi connectivity index (χ4v) is 1.55. The Balaban J connectivity index is 2.79. The van der Waals surface area contributed by atoms with Gasteiger partial charge in [0.15, 0.2) is 0 Å². The van der Waals surface area contributed by atoms with Gasteiger partial charge < -0.3 is 20.3 Å². The predicted molar refractivity (Wildman–Crippen MR) is 73.6 cm³/mol. The molecular formula is C13H18ClNO4. The highest BCUT2D eigenvalue weighted by Crippen LogP contribution is 2.23. The van der Waals surface area contributed by atoms with Crippen molar-refractivity contribution in [1.29, 1.82) is 0 Å². The molecule has 0 bridgehead atoms. The molecule has 1 rings (SSSR count). The van der Waals surface area contributed by atoms with Gasteiger partial charge in [-0.3, -0.25) is 0 Å². The van der Waals surface area contributed by atoms with Gasteiger partial charge in [-0.2, -0.15) is 0 Å². The smallest absolute Gasteiger partial charge is 0.338 e. The fraction of sp³-hybridized carbons (Fsp3) is 0.462. The van der Waals surface area contributed by atoms with E-state index in [-0.39, 0.29) is 19.3 Å². The Morgan fingerprint density at radius 2 is 2.16 bits per heavy atom. The summed E-state index contributed by atoms with van der Waals surface area (Å²) in [6, 6.07) is 4.70. The molecule has 0 aliphatic heterocycles. The lowest BCUT2D eigenvalue weighted by Crippen LogP contribution is -2.23. The van der Waals surface area contributed by atoms with Gasteiger partial charge in [0.05, 0.1) is 35.1 Å². The Morgan fingerprint density at radius 3 is 2.74 bits per heavy atom. The monoisotopic (exact) mass is 287 g/mol. The minimum absolute atomic E-state index is 0.138. The fourth-order valence-electron chi connectivity index (χ4n) is 1.36. The number of rotatable bonds is 6. The van der Waals surface area contributed by atoms with Crippen molar-refractivity contribution in [3.63, 3.8) is 0 Å². The molecule has 1 unspecified atom stereocenters. The molecule has 0 radical (unpaired) electrons. The third kappa shape index (κ3) is 5.06. The van der Waals surface area contributed by atoms with E-state index in [0.717, 1.165) is 0 Å². The van der Waals surface area contributed by atoms with E-state index >= 15 is 0 Å². The van der Waals surface area contributed by atoms with E-state index in [9.17, 15) is 9.90 Å². The molecular weight excluding hydrogens is 270 g/mol. The van der Waals surface area contributed by atoms with Crippen molar-refractivity contribution >= 4 is 23.3 Å². The molecule has 0 heterocycles. The molecule has 5 nitrogen and oxygen atoms in total. The van der Waals surface area contributed by atoms with Crippen LogP contribution in [-0.4, -0.2) is 41.5 Å². The highest BCUT2D eigenvalue weighted by Gasteiger charge is 2.12. The van der Waals surface area contributed by atoms with Crippen molar-refractivity contribution in [2.45, 2.75) is 26.1 Å². The topological polar surface area (TPSA) is 78.8 Å². The summed E-state index contributed by atoms with van der Waals surface area (Å²) < 4.78 is 5.08. The average molecular weight is 288 g/mol. The third-order valence-corrected chi connectivity index (χ3v) is 2.61. The zero-order chi connectivity index (χ0) is 14.4. The van der Waals surface area contributed by atoms with E-state index in [1.807, 2.05) is 0 Å². The first kappa shape index (κ1) is 15.8. The molecule has 3 N–H and O–H groups in total. The zero-order valence-corrected chi connectivity index (χ0v) is 11.6. The van der Waals surface area contributed by atoms with Gasteiger partial charge in [-0.05, 0) is 32.0 Å². The van der Waals surface area contributed by atoms with Crippen molar-refractivity contribution in [1.82, 2.24) is 0 Å². The van der Waals surface area contributed by atoms with Gasteiger partial charge in [-0.1, -0.05) is 11.6 Å². The van der Waals surface area contributed by atoms with Crippen molar-refractivity contribution in [2.75, 3.05) is 18.5 Å². The second kappa shape index (κ2) is 7.33. The number of benzene rings is 1. The Labute approximate surface area is 117 Å². The second-order valence-corrected chi connectivity index (χ2v) is 4.77. The van der Waals surface area contributed by atoms with Crippen LogP contribution in [0, 0.1) is 0 Å². The van der Waals surface area contributed by atoms with Gasteiger partial charge in [0.1, 0.15) is 0 Å². The molecule has 0 amide bonds. The van der Waals surface area contributed by atoms with Crippen molar-refractivity contribution < 1.29 is 19.7 Å². The van der Waals surface area contributed by atoms with Crippen LogP contribution in [0.2, 0.25) is 5.02 Å². The van der Waals surface area contributed by atoms with Crippen molar-refractivity contribution in [2.24, 2.45) is 0 Å². The Bertz CT molecular complexity index is 437. The molecule has 1 aromatic carbocycles. The molecule has 6 heteroatoms. The minimum atomic E-state index is -0.887. The number of esters is 1. The quantitative estimate of drug-likeness (QED) is 0.694. The van der Waals surface area contributed by atoms with E-state index in [4.69, 9.17) is 21.4 Å². The summed E-state index contributed by atoms with van der Waals surface area (Å²) >= 11 is 5.97. The largest absolute Gasteiger partial charge is 0.459 e. The highest BCUT2D eigenvalue weighted by atomic mass is 35.5. The number of carbonyl (C=O) groups excluding carboxylic acids is 1. The summed E-state index contributed by atoms with van der Waals surface area (Å²) in [6.45, 7) is 3.33. The maximum Gasteiger partial charge on any atom is 0.338 e. The number of nitrogens with one attached hydrogen (secondary N) is 1. The van der Waals surface area contributed by atoms with Crippen LogP contribution in [0.5, 0.6) is 0 Å². The Kier molecular flexibility index (Phi) is 6.08. The third-order valence-electron chi connectivity index (χ3n) is 2.28. The molecule has 0 saturated heterocycles. The lowest BCUT2D eigenvalue weighted by Gasteiger charge is -2.13. The second-order valence-electron chi connectivity index (χ2n) is 4.37. The van der Waals surface area contributed by atoms with Gasteiger partial charge in [0.25, 0.3) is 0 Å². The van der Waals surface area contributed by atoms with Crippen LogP contribution in [0.3, 0.4) is 0 Å². The van der Waals surface area contributed by atoms with Gasteiger partial charge in [0, 0.05) is 6.54 Å². The molecule has 106 valence electrons. The molecule has 0 aromatic heterocycles. The number of ether oxygens (including phenoxy) is 1. The van der Waals surface area contributed by atoms with Crippen LogP contribution in [0.25, 0.3) is 0 Å². The molecule has 0 spiro atoms. The van der Waals surface area contributed by atoms with Gasteiger partial charge in [0.2, 0.25) is 0 Å². The van der Waals surface area contributed by atoms with Crippen LogP contribution >= 0.6 is 11.6 Å². The molecule has 0 saturated carbocycles. The number of carbonyl (C=O) groups is 1. The maximum atomic E-state index is 11.7. The van der Waals surface area contributed by atoms with Gasteiger partial charge >= 0.3 is 5.97 Å². The van der Waals surface area contributed by atoms with Crippen molar-refractivity contribution in [3.8, 4) is 0 Å². The SMILES string of the molecule is CC(C)OC(=O)c1ccc(Cl)c(NCC(O)CO)c1. The normalized spacial score (nSPS) is 12.3. The predicted octanol–water partition coefficient (Wildman–Crippen LogP) is 1.67. The molecule has 19 heavy (non-hydrogen) atoms. The molecule has 0 aliphatic rings. The number of halogens is 1. The lowest BCUT2D eigenvalue weighted by molar-refractivity contribution is 0.0378. The zero-order valence-electron chi connectivity index (χ0n) is 10.9. The summed E-state index contributed by atoms with van der Waals surface area (Å²) in [7, 11) is 0. The van der Waals surface area contributed by atoms with E-state index in [0.29, 0.717) is 16.3 Å². The van der Waals surface area contributed by atoms with Crippen LogP contribution in [-0.2, 0) is 4.74 Å². The van der Waals surface area contributed by atoms with Gasteiger partial charge in [-0.25, -0.2) is 4.79 Å². The Hall–Kier alpha value is -1.30. The molecule has 0 aliphatic carbocycles. The van der Waals surface area contributed by atoms with E-state index in [1.165, 1.54) is 0 Å². The summed E-state index contributed by atoms with van der Waals surface area (Å²) in [5.41, 5.74) is 0.881. The van der Waals surface area contributed by atoms with E-state index in [1.54, 1.807) is 32.0 Å². The van der Waals surface area contributed by atoms with Crippen LogP contribution in [0.15, 0.2) is 18.2 Å². The summed E-state index contributed by atoms with van der Waals surface area (Å²) in [6.07, 6.45) is -1.09. The Morgan fingerprint density at radius 1 is 1.47 bits per heavy atom. The first-order valence-corrected chi connectivity index (χ1v) is 6.35. The first-order chi connectivity index (χ1) is 8.93. The van der Waals surface area contributed by atoms with Gasteiger partial charge in [-0.15, -0.1) is 0 Å². The van der Waals surface area contributed by atoms with E-state index < -0.39 is 12.1 Å². The molecule has 0 fully saturated rings. The minimum Gasteiger partial charge on any atom is -0.459 e. The number of aliphatic hydroxyl groups is 2. The highest BCUT2D eigenvalue weighted by molar-refractivity contribution is 6.33. The molecule has 1 aromatic rings. The van der Waals surface area contributed by atoms with Crippen molar-refractivity contribution in [3.05, 3.63) is 28.8 Å². The van der Waals surface area contributed by atoms with Crippen LogP contribution in [0.4, 0.5) is 5.69 Å². The summed E-state index contributed by atoms with van der Waals surface area (Å²) in [4.78, 5) is 11.7. The molecule has 1 atom stereocenters. The number of hydrogen-bond acceptors (Lipinski definition) is 5. The number of hydrogen-bond donors (Lipinski definition) is 3. The maximum absolute atomic E-state index is 11.7. The average Bonchev–Trinajstić information content (AvgIpc) is 2.36. The summed E-state index contributed by atoms with van der Waals surface area (Å²) in [5, 5.41) is 21.3. The van der Waals surface area contributed by atoms with E-state index in [2.05, 4.69) is 5.32 Å². The van der Waals surface area contributed by atoms with Crippen LogP contribution in [0.1, 0.15) is 24.2 Å². The number of anilines is 1. The summed E-state index contributed by atoms with van der Waals surface area (Å²) in [5.74, 6) is -0.433. The van der Waals surface area contributed by atoms with Crippen LogP contribution < -0.4 is 5.32 Å². The standard InChI is InChI=1S/C13H18ClNO4/c1-8(2)19-13(18)9-3-4-11(14)12(5-9)15-6-10(17)7-16/h3-5,8,10,15-17H,6-7H2,1-2H3.